The van der Waals surface area contributed by atoms with Gasteiger partial charge in [-0.15, -0.1) is 11.3 Å². The molecule has 2 fully saturated rings. The van der Waals surface area contributed by atoms with Gasteiger partial charge in [0.2, 0.25) is 0 Å². The Balaban J connectivity index is 1.30. The van der Waals surface area contributed by atoms with Crippen molar-refractivity contribution in [1.82, 2.24) is 9.88 Å². The number of carbonyl (C=O) groups is 1. The lowest BCUT2D eigenvalue weighted by Gasteiger charge is -2.34. The first-order valence-electron chi connectivity index (χ1n) is 10.8. The maximum atomic E-state index is 13.3. The van der Waals surface area contributed by atoms with Gasteiger partial charge in [-0.2, -0.15) is 0 Å². The SMILES string of the molecule is O=C(c1ccc(OC[C@@H]2CCCO2)cc1)N1CCCC[C@H]1c1nc2ccccc2s1. The van der Waals surface area contributed by atoms with Gasteiger partial charge in [0.05, 0.1) is 22.4 Å². The van der Waals surface area contributed by atoms with E-state index in [9.17, 15) is 4.79 Å². The van der Waals surface area contributed by atoms with Crippen molar-refractivity contribution in [1.29, 1.82) is 0 Å². The molecule has 1 amide bonds. The minimum Gasteiger partial charge on any atom is -0.491 e. The van der Waals surface area contributed by atoms with E-state index >= 15 is 0 Å². The lowest BCUT2D eigenvalue weighted by Crippen LogP contribution is -2.38. The van der Waals surface area contributed by atoms with Gasteiger partial charge >= 0.3 is 0 Å². The van der Waals surface area contributed by atoms with Crippen molar-refractivity contribution in [3.63, 3.8) is 0 Å². The second kappa shape index (κ2) is 8.74. The zero-order chi connectivity index (χ0) is 20.3. The molecule has 2 aliphatic heterocycles. The fourth-order valence-corrected chi connectivity index (χ4v) is 5.40. The zero-order valence-corrected chi connectivity index (χ0v) is 17.8. The highest BCUT2D eigenvalue weighted by Crippen LogP contribution is 2.36. The molecule has 3 heterocycles. The van der Waals surface area contributed by atoms with E-state index in [0.717, 1.165) is 61.5 Å². The molecule has 6 heteroatoms. The summed E-state index contributed by atoms with van der Waals surface area (Å²) in [5.74, 6) is 0.855. The van der Waals surface area contributed by atoms with Crippen LogP contribution in [-0.4, -0.2) is 41.7 Å². The highest BCUT2D eigenvalue weighted by molar-refractivity contribution is 7.18. The van der Waals surface area contributed by atoms with E-state index in [0.29, 0.717) is 12.2 Å². The van der Waals surface area contributed by atoms with Gasteiger partial charge in [0, 0.05) is 18.7 Å². The number of hydrogen-bond acceptors (Lipinski definition) is 5. The molecule has 5 nitrogen and oxygen atoms in total. The number of fused-ring (bicyclic) bond motifs is 1. The number of amides is 1. The van der Waals surface area contributed by atoms with Crippen molar-refractivity contribution >= 4 is 27.5 Å². The molecule has 0 unspecified atom stereocenters. The molecule has 156 valence electrons. The Morgan fingerprint density at radius 1 is 1.10 bits per heavy atom. The molecule has 0 radical (unpaired) electrons. The maximum Gasteiger partial charge on any atom is 0.254 e. The third-order valence-corrected chi connectivity index (χ3v) is 7.06. The van der Waals surface area contributed by atoms with Crippen LogP contribution in [0.5, 0.6) is 5.75 Å². The van der Waals surface area contributed by atoms with Crippen molar-refractivity contribution < 1.29 is 14.3 Å². The van der Waals surface area contributed by atoms with Crippen molar-refractivity contribution in [3.05, 3.63) is 59.1 Å². The summed E-state index contributed by atoms with van der Waals surface area (Å²) in [5, 5.41) is 1.04. The number of piperidine rings is 1. The van der Waals surface area contributed by atoms with Gasteiger partial charge in [0.1, 0.15) is 17.4 Å². The summed E-state index contributed by atoms with van der Waals surface area (Å²) >= 11 is 1.70. The molecule has 3 aromatic rings. The average Bonchev–Trinajstić information content (AvgIpc) is 3.47. The molecule has 2 atom stereocenters. The molecule has 0 bridgehead atoms. The van der Waals surface area contributed by atoms with E-state index in [1.165, 1.54) is 4.70 Å². The van der Waals surface area contributed by atoms with Crippen LogP contribution < -0.4 is 4.74 Å². The van der Waals surface area contributed by atoms with E-state index in [-0.39, 0.29) is 18.1 Å². The van der Waals surface area contributed by atoms with Gasteiger partial charge in [-0.25, -0.2) is 4.98 Å². The van der Waals surface area contributed by atoms with Crippen LogP contribution in [0.3, 0.4) is 0 Å². The number of benzene rings is 2. The first-order valence-corrected chi connectivity index (χ1v) is 11.6. The van der Waals surface area contributed by atoms with Crippen molar-refractivity contribution in [2.75, 3.05) is 19.8 Å². The minimum absolute atomic E-state index is 0.0547. The molecule has 2 aromatic carbocycles. The van der Waals surface area contributed by atoms with E-state index in [4.69, 9.17) is 14.5 Å². The predicted octanol–water partition coefficient (Wildman–Crippen LogP) is 5.22. The third-order valence-electron chi connectivity index (χ3n) is 5.92. The number of aromatic nitrogens is 1. The van der Waals surface area contributed by atoms with Gasteiger partial charge in [0.25, 0.3) is 5.91 Å². The Hall–Kier alpha value is -2.44. The molecule has 0 spiro atoms. The highest BCUT2D eigenvalue weighted by atomic mass is 32.1. The summed E-state index contributed by atoms with van der Waals surface area (Å²) in [6.45, 7) is 2.17. The number of rotatable bonds is 5. The summed E-state index contributed by atoms with van der Waals surface area (Å²) in [7, 11) is 0. The topological polar surface area (TPSA) is 51.7 Å². The average molecular weight is 423 g/mol. The molecular formula is C24H26N2O3S. The molecule has 0 aliphatic carbocycles. The molecular weight excluding hydrogens is 396 g/mol. The Bertz CT molecular complexity index is 978. The normalized spacial score (nSPS) is 21.8. The van der Waals surface area contributed by atoms with E-state index in [1.54, 1.807) is 11.3 Å². The molecule has 0 saturated carbocycles. The monoisotopic (exact) mass is 422 g/mol. The van der Waals surface area contributed by atoms with Gasteiger partial charge in [0.15, 0.2) is 0 Å². The largest absolute Gasteiger partial charge is 0.491 e. The van der Waals surface area contributed by atoms with E-state index in [2.05, 4.69) is 6.07 Å². The summed E-state index contributed by atoms with van der Waals surface area (Å²) in [6, 6.07) is 15.8. The summed E-state index contributed by atoms with van der Waals surface area (Å²) < 4.78 is 12.6. The number of carbonyl (C=O) groups excluding carboxylic acids is 1. The van der Waals surface area contributed by atoms with Crippen LogP contribution in [0.15, 0.2) is 48.5 Å². The quantitative estimate of drug-likeness (QED) is 0.566. The zero-order valence-electron chi connectivity index (χ0n) is 17.0. The number of hydrogen-bond donors (Lipinski definition) is 0. The Morgan fingerprint density at radius 3 is 2.77 bits per heavy atom. The smallest absolute Gasteiger partial charge is 0.254 e. The number of thiazole rings is 1. The van der Waals surface area contributed by atoms with E-state index < -0.39 is 0 Å². The molecule has 5 rings (SSSR count). The Labute approximate surface area is 180 Å². The van der Waals surface area contributed by atoms with Gasteiger partial charge < -0.3 is 14.4 Å². The highest BCUT2D eigenvalue weighted by Gasteiger charge is 2.31. The van der Waals surface area contributed by atoms with Gasteiger partial charge in [-0.3, -0.25) is 4.79 Å². The molecule has 2 aliphatic rings. The minimum atomic E-state index is 0.0547. The summed E-state index contributed by atoms with van der Waals surface area (Å²) in [6.07, 6.45) is 5.48. The molecule has 30 heavy (non-hydrogen) atoms. The molecule has 1 aromatic heterocycles. The number of nitrogens with zero attached hydrogens (tertiary/aromatic N) is 2. The summed E-state index contributed by atoms with van der Waals surface area (Å²) in [5.41, 5.74) is 1.72. The van der Waals surface area contributed by atoms with Crippen molar-refractivity contribution in [2.24, 2.45) is 0 Å². The number of likely N-dealkylation sites (tertiary alicyclic amines) is 1. The van der Waals surface area contributed by atoms with Crippen LogP contribution >= 0.6 is 11.3 Å². The predicted molar refractivity (Wildman–Crippen MR) is 118 cm³/mol. The summed E-state index contributed by atoms with van der Waals surface area (Å²) in [4.78, 5) is 20.2. The lowest BCUT2D eigenvalue weighted by atomic mass is 10.0. The van der Waals surface area contributed by atoms with Crippen LogP contribution in [0.4, 0.5) is 0 Å². The third kappa shape index (κ3) is 4.07. The fraction of sp³-hybridized carbons (Fsp3) is 0.417. The van der Waals surface area contributed by atoms with Crippen LogP contribution in [0.2, 0.25) is 0 Å². The van der Waals surface area contributed by atoms with Crippen LogP contribution in [0.25, 0.3) is 10.2 Å². The number of para-hydroxylation sites is 1. The number of ether oxygens (including phenoxy) is 2. The lowest BCUT2D eigenvalue weighted by molar-refractivity contribution is 0.0610. The van der Waals surface area contributed by atoms with Crippen LogP contribution in [0.1, 0.15) is 53.5 Å². The van der Waals surface area contributed by atoms with Crippen molar-refractivity contribution in [3.8, 4) is 5.75 Å². The maximum absolute atomic E-state index is 13.3. The Morgan fingerprint density at radius 2 is 1.97 bits per heavy atom. The van der Waals surface area contributed by atoms with Gasteiger partial charge in [-0.05, 0) is 68.5 Å². The first kappa shape index (κ1) is 19.5. The van der Waals surface area contributed by atoms with E-state index in [1.807, 2.05) is 47.4 Å². The van der Waals surface area contributed by atoms with Crippen molar-refractivity contribution in [2.45, 2.75) is 44.2 Å². The van der Waals surface area contributed by atoms with Gasteiger partial charge in [-0.1, -0.05) is 12.1 Å². The molecule has 2 saturated heterocycles. The standard InChI is InChI=1S/C24H26N2O3S/c27-24(17-10-12-18(13-11-17)29-16-19-6-5-15-28-19)26-14-4-3-8-21(26)23-25-20-7-1-2-9-22(20)30-23/h1-2,7,9-13,19,21H,3-6,8,14-16H2/t19-,21-/m0/s1. The first-order chi connectivity index (χ1) is 14.8. The second-order valence-corrected chi connectivity index (χ2v) is 9.06. The molecule has 0 N–H and O–H groups in total. The second-order valence-electron chi connectivity index (χ2n) is 8.00. The Kier molecular flexibility index (Phi) is 5.69. The van der Waals surface area contributed by atoms with Crippen LogP contribution in [0, 0.1) is 0 Å². The fourth-order valence-electron chi connectivity index (χ4n) is 4.29. The van der Waals surface area contributed by atoms with Crippen LogP contribution in [-0.2, 0) is 4.74 Å².